The number of fused-ring (bicyclic) bond motifs is 1. The molecule has 0 aliphatic heterocycles. The Morgan fingerprint density at radius 2 is 2.14 bits per heavy atom. The van der Waals surface area contributed by atoms with Gasteiger partial charge in [0.1, 0.15) is 11.5 Å². The standard InChI is InChI=1S/C16H21N3O2/c1-4-17-15-13-8-6-5-7-12(13)11-14(18-15)16(20)19(2)9-10-21-3/h5-8,11H,4,9-10H2,1-3H3,(H,17,18). The van der Waals surface area contributed by atoms with Crippen LogP contribution >= 0.6 is 0 Å². The maximum Gasteiger partial charge on any atom is 0.272 e. The van der Waals surface area contributed by atoms with Crippen LogP contribution in [0.5, 0.6) is 0 Å². The van der Waals surface area contributed by atoms with Crippen molar-refractivity contribution in [3.05, 3.63) is 36.0 Å². The van der Waals surface area contributed by atoms with E-state index in [2.05, 4.69) is 10.3 Å². The molecular formula is C16H21N3O2. The molecule has 0 spiro atoms. The molecule has 0 bridgehead atoms. The van der Waals surface area contributed by atoms with Crippen LogP contribution in [0.15, 0.2) is 30.3 Å². The lowest BCUT2D eigenvalue weighted by Crippen LogP contribution is -2.30. The highest BCUT2D eigenvalue weighted by Gasteiger charge is 2.15. The zero-order valence-corrected chi connectivity index (χ0v) is 12.7. The fourth-order valence-corrected chi connectivity index (χ4v) is 2.14. The number of hydrogen-bond donors (Lipinski definition) is 1. The van der Waals surface area contributed by atoms with Gasteiger partial charge in [-0.05, 0) is 18.4 Å². The molecule has 1 N–H and O–H groups in total. The predicted molar refractivity (Wildman–Crippen MR) is 84.7 cm³/mol. The third-order valence-corrected chi connectivity index (χ3v) is 3.28. The van der Waals surface area contributed by atoms with E-state index in [0.29, 0.717) is 18.8 Å². The Bertz CT molecular complexity index is 628. The first-order chi connectivity index (χ1) is 10.2. The van der Waals surface area contributed by atoms with Crippen molar-refractivity contribution in [1.29, 1.82) is 0 Å². The van der Waals surface area contributed by atoms with Gasteiger partial charge in [-0.1, -0.05) is 24.3 Å². The SMILES string of the molecule is CCNc1nc(C(=O)N(C)CCOC)cc2ccccc12. The number of rotatable bonds is 6. The summed E-state index contributed by atoms with van der Waals surface area (Å²) < 4.78 is 5.00. The van der Waals surface area contributed by atoms with Crippen molar-refractivity contribution in [3.63, 3.8) is 0 Å². The summed E-state index contributed by atoms with van der Waals surface area (Å²) in [6.45, 7) is 3.82. The minimum atomic E-state index is -0.100. The quantitative estimate of drug-likeness (QED) is 0.886. The van der Waals surface area contributed by atoms with Crippen molar-refractivity contribution < 1.29 is 9.53 Å². The topological polar surface area (TPSA) is 54.5 Å². The lowest BCUT2D eigenvalue weighted by atomic mass is 10.1. The van der Waals surface area contributed by atoms with E-state index in [-0.39, 0.29) is 5.91 Å². The Labute approximate surface area is 124 Å². The molecule has 0 unspecified atom stereocenters. The minimum absolute atomic E-state index is 0.100. The molecule has 0 aliphatic rings. The van der Waals surface area contributed by atoms with Crippen molar-refractivity contribution >= 4 is 22.5 Å². The predicted octanol–water partition coefficient (Wildman–Crippen LogP) is 2.38. The van der Waals surface area contributed by atoms with Gasteiger partial charge in [0, 0.05) is 32.6 Å². The molecule has 5 nitrogen and oxygen atoms in total. The van der Waals surface area contributed by atoms with E-state index in [4.69, 9.17) is 4.74 Å². The number of nitrogens with zero attached hydrogens (tertiary/aromatic N) is 2. The van der Waals surface area contributed by atoms with Gasteiger partial charge in [-0.3, -0.25) is 4.79 Å². The van der Waals surface area contributed by atoms with E-state index >= 15 is 0 Å². The van der Waals surface area contributed by atoms with E-state index in [1.54, 1.807) is 19.1 Å². The van der Waals surface area contributed by atoms with Crippen LogP contribution in [-0.4, -0.2) is 49.6 Å². The second-order valence-corrected chi connectivity index (χ2v) is 4.83. The average Bonchev–Trinajstić information content (AvgIpc) is 2.52. The minimum Gasteiger partial charge on any atom is -0.383 e. The van der Waals surface area contributed by atoms with Gasteiger partial charge >= 0.3 is 0 Å². The zero-order valence-electron chi connectivity index (χ0n) is 12.7. The van der Waals surface area contributed by atoms with E-state index < -0.39 is 0 Å². The number of amides is 1. The molecule has 2 aromatic rings. The largest absolute Gasteiger partial charge is 0.383 e. The summed E-state index contributed by atoms with van der Waals surface area (Å²) in [6.07, 6.45) is 0. The van der Waals surface area contributed by atoms with Crippen LogP contribution in [-0.2, 0) is 4.74 Å². The second-order valence-electron chi connectivity index (χ2n) is 4.83. The van der Waals surface area contributed by atoms with Crippen molar-refractivity contribution in [1.82, 2.24) is 9.88 Å². The molecule has 0 saturated carbocycles. The molecule has 21 heavy (non-hydrogen) atoms. The summed E-state index contributed by atoms with van der Waals surface area (Å²) in [5, 5.41) is 5.25. The number of likely N-dealkylation sites (N-methyl/N-ethyl adjacent to an activating group) is 1. The normalized spacial score (nSPS) is 10.6. The Balaban J connectivity index is 2.37. The van der Waals surface area contributed by atoms with Gasteiger partial charge in [0.15, 0.2) is 0 Å². The molecule has 1 aromatic heterocycles. The summed E-state index contributed by atoms with van der Waals surface area (Å²) in [4.78, 5) is 18.5. The van der Waals surface area contributed by atoms with Crippen LogP contribution in [0, 0.1) is 0 Å². The Kier molecular flexibility index (Phi) is 5.11. The molecule has 0 fully saturated rings. The highest BCUT2D eigenvalue weighted by molar-refractivity contribution is 6.00. The van der Waals surface area contributed by atoms with E-state index in [1.807, 2.05) is 37.3 Å². The summed E-state index contributed by atoms with van der Waals surface area (Å²) in [5.41, 5.74) is 0.447. The van der Waals surface area contributed by atoms with Crippen molar-refractivity contribution in [3.8, 4) is 0 Å². The maximum atomic E-state index is 12.4. The first-order valence-electron chi connectivity index (χ1n) is 7.05. The number of carbonyl (C=O) groups is 1. The summed E-state index contributed by atoms with van der Waals surface area (Å²) in [6, 6.07) is 9.76. The van der Waals surface area contributed by atoms with Crippen molar-refractivity contribution in [2.45, 2.75) is 6.92 Å². The van der Waals surface area contributed by atoms with Crippen LogP contribution in [0.25, 0.3) is 10.8 Å². The summed E-state index contributed by atoms with van der Waals surface area (Å²) >= 11 is 0. The third-order valence-electron chi connectivity index (χ3n) is 3.28. The number of hydrogen-bond acceptors (Lipinski definition) is 4. The molecule has 5 heteroatoms. The third kappa shape index (κ3) is 3.49. The molecule has 0 saturated heterocycles. The van der Waals surface area contributed by atoms with Crippen molar-refractivity contribution in [2.75, 3.05) is 39.2 Å². The molecule has 0 atom stereocenters. The second kappa shape index (κ2) is 7.04. The number of methoxy groups -OCH3 is 1. The molecule has 1 heterocycles. The van der Waals surface area contributed by atoms with Gasteiger partial charge in [0.2, 0.25) is 0 Å². The summed E-state index contributed by atoms with van der Waals surface area (Å²) in [5.74, 6) is 0.649. The number of nitrogens with one attached hydrogen (secondary N) is 1. The molecule has 112 valence electrons. The number of anilines is 1. The molecule has 0 radical (unpaired) electrons. The van der Waals surface area contributed by atoms with Crippen LogP contribution in [0.1, 0.15) is 17.4 Å². The number of ether oxygens (including phenoxy) is 1. The molecule has 1 aromatic carbocycles. The molecule has 1 amide bonds. The van der Waals surface area contributed by atoms with Crippen LogP contribution in [0.2, 0.25) is 0 Å². The zero-order chi connectivity index (χ0) is 15.2. The van der Waals surface area contributed by atoms with Crippen LogP contribution in [0.3, 0.4) is 0 Å². The Morgan fingerprint density at radius 3 is 2.86 bits per heavy atom. The highest BCUT2D eigenvalue weighted by Crippen LogP contribution is 2.22. The van der Waals surface area contributed by atoms with Gasteiger partial charge in [-0.15, -0.1) is 0 Å². The van der Waals surface area contributed by atoms with Gasteiger partial charge in [-0.25, -0.2) is 4.98 Å². The number of benzene rings is 1. The smallest absolute Gasteiger partial charge is 0.272 e. The lowest BCUT2D eigenvalue weighted by Gasteiger charge is -2.17. The number of pyridine rings is 1. The lowest BCUT2D eigenvalue weighted by molar-refractivity contribution is 0.0739. The van der Waals surface area contributed by atoms with E-state index in [0.717, 1.165) is 23.1 Å². The van der Waals surface area contributed by atoms with Gasteiger partial charge < -0.3 is 15.0 Å². The number of carbonyl (C=O) groups excluding carboxylic acids is 1. The fraction of sp³-hybridized carbons (Fsp3) is 0.375. The van der Waals surface area contributed by atoms with Crippen molar-refractivity contribution in [2.24, 2.45) is 0 Å². The van der Waals surface area contributed by atoms with Crippen LogP contribution < -0.4 is 5.32 Å². The highest BCUT2D eigenvalue weighted by atomic mass is 16.5. The maximum absolute atomic E-state index is 12.4. The van der Waals surface area contributed by atoms with Gasteiger partial charge in [-0.2, -0.15) is 0 Å². The number of aromatic nitrogens is 1. The Morgan fingerprint density at radius 1 is 1.38 bits per heavy atom. The van der Waals surface area contributed by atoms with E-state index in [9.17, 15) is 4.79 Å². The first-order valence-corrected chi connectivity index (χ1v) is 7.05. The monoisotopic (exact) mass is 287 g/mol. The molecule has 2 rings (SSSR count). The first kappa shape index (κ1) is 15.3. The molecular weight excluding hydrogens is 266 g/mol. The van der Waals surface area contributed by atoms with Crippen LogP contribution in [0.4, 0.5) is 5.82 Å². The molecule has 0 aliphatic carbocycles. The Hall–Kier alpha value is -2.14. The van der Waals surface area contributed by atoms with Gasteiger partial charge in [0.05, 0.1) is 6.61 Å². The fourth-order valence-electron chi connectivity index (χ4n) is 2.14. The average molecular weight is 287 g/mol. The summed E-state index contributed by atoms with van der Waals surface area (Å²) in [7, 11) is 3.38. The van der Waals surface area contributed by atoms with Gasteiger partial charge in [0.25, 0.3) is 5.91 Å². The van der Waals surface area contributed by atoms with E-state index in [1.165, 1.54) is 0 Å².